The fourth-order valence-electron chi connectivity index (χ4n) is 2.10. The zero-order valence-electron chi connectivity index (χ0n) is 10.1. The molecule has 7 heteroatoms. The van der Waals surface area contributed by atoms with E-state index in [2.05, 4.69) is 10.2 Å². The Morgan fingerprint density at radius 3 is 3.00 bits per heavy atom. The SMILES string of the molecule is Nc1cc(C(=O)N2CCn3cnnc3C2)ccc1Cl. The predicted octanol–water partition coefficient (Wildman–Crippen LogP) is 1.17. The summed E-state index contributed by atoms with van der Waals surface area (Å²) in [5.74, 6) is 0.721. The molecule has 3 rings (SSSR count). The van der Waals surface area contributed by atoms with Crippen LogP contribution in [0.15, 0.2) is 24.5 Å². The number of anilines is 1. The van der Waals surface area contributed by atoms with Gasteiger partial charge in [-0.05, 0) is 18.2 Å². The predicted molar refractivity (Wildman–Crippen MR) is 70.6 cm³/mol. The average molecular weight is 278 g/mol. The number of aromatic nitrogens is 3. The van der Waals surface area contributed by atoms with Crippen molar-refractivity contribution in [2.45, 2.75) is 13.1 Å². The van der Waals surface area contributed by atoms with Crippen LogP contribution < -0.4 is 5.73 Å². The van der Waals surface area contributed by atoms with Crippen molar-refractivity contribution in [2.75, 3.05) is 12.3 Å². The summed E-state index contributed by atoms with van der Waals surface area (Å²) in [7, 11) is 0. The smallest absolute Gasteiger partial charge is 0.254 e. The van der Waals surface area contributed by atoms with Crippen LogP contribution in [0.3, 0.4) is 0 Å². The molecule has 2 heterocycles. The fraction of sp³-hybridized carbons (Fsp3) is 0.250. The van der Waals surface area contributed by atoms with E-state index in [0.29, 0.717) is 35.9 Å². The number of amides is 1. The van der Waals surface area contributed by atoms with Gasteiger partial charge in [-0.25, -0.2) is 0 Å². The Labute approximate surface area is 114 Å². The number of hydrogen-bond donors (Lipinski definition) is 1. The van der Waals surface area contributed by atoms with Gasteiger partial charge in [0.05, 0.1) is 17.3 Å². The summed E-state index contributed by atoms with van der Waals surface area (Å²) in [6.45, 7) is 1.80. The molecule has 1 aliphatic rings. The number of carbonyl (C=O) groups is 1. The second-order valence-corrected chi connectivity index (χ2v) is 4.81. The van der Waals surface area contributed by atoms with Crippen LogP contribution in [0.1, 0.15) is 16.2 Å². The molecule has 0 atom stereocenters. The third-order valence-corrected chi connectivity index (χ3v) is 3.51. The zero-order valence-corrected chi connectivity index (χ0v) is 10.8. The first-order valence-electron chi connectivity index (χ1n) is 5.86. The number of hydrogen-bond acceptors (Lipinski definition) is 4. The first-order valence-corrected chi connectivity index (χ1v) is 6.24. The van der Waals surface area contributed by atoms with Crippen molar-refractivity contribution in [3.8, 4) is 0 Å². The highest BCUT2D eigenvalue weighted by molar-refractivity contribution is 6.33. The highest BCUT2D eigenvalue weighted by atomic mass is 35.5. The van der Waals surface area contributed by atoms with E-state index in [4.69, 9.17) is 17.3 Å². The van der Waals surface area contributed by atoms with Crippen LogP contribution in [0.25, 0.3) is 0 Å². The number of nitrogens with zero attached hydrogens (tertiary/aromatic N) is 4. The minimum atomic E-state index is -0.0717. The Morgan fingerprint density at radius 1 is 1.37 bits per heavy atom. The first-order chi connectivity index (χ1) is 9.15. The minimum absolute atomic E-state index is 0.0717. The molecule has 0 fully saturated rings. The van der Waals surface area contributed by atoms with Crippen LogP contribution in [-0.2, 0) is 13.1 Å². The molecule has 0 radical (unpaired) electrons. The Hall–Kier alpha value is -2.08. The lowest BCUT2D eigenvalue weighted by Gasteiger charge is -2.27. The Bertz CT molecular complexity index is 639. The summed E-state index contributed by atoms with van der Waals surface area (Å²) in [4.78, 5) is 14.1. The molecule has 6 nitrogen and oxygen atoms in total. The maximum Gasteiger partial charge on any atom is 0.254 e. The van der Waals surface area contributed by atoms with E-state index in [1.807, 2.05) is 4.57 Å². The van der Waals surface area contributed by atoms with Gasteiger partial charge in [0.1, 0.15) is 6.33 Å². The second-order valence-electron chi connectivity index (χ2n) is 4.40. The topological polar surface area (TPSA) is 77.0 Å². The van der Waals surface area contributed by atoms with Crippen LogP contribution in [0.5, 0.6) is 0 Å². The normalized spacial score (nSPS) is 14.3. The Kier molecular flexibility index (Phi) is 2.87. The number of fused-ring (bicyclic) bond motifs is 1. The number of nitrogens with two attached hydrogens (primary N) is 1. The lowest BCUT2D eigenvalue weighted by atomic mass is 10.1. The van der Waals surface area contributed by atoms with Gasteiger partial charge >= 0.3 is 0 Å². The number of rotatable bonds is 1. The summed E-state index contributed by atoms with van der Waals surface area (Å²) >= 11 is 5.85. The van der Waals surface area contributed by atoms with E-state index in [9.17, 15) is 4.79 Å². The van der Waals surface area contributed by atoms with Gasteiger partial charge in [-0.3, -0.25) is 4.79 Å². The maximum atomic E-state index is 12.4. The quantitative estimate of drug-likeness (QED) is 0.794. The van der Waals surface area contributed by atoms with Crippen molar-refractivity contribution >= 4 is 23.2 Å². The van der Waals surface area contributed by atoms with Gasteiger partial charge in [0.2, 0.25) is 0 Å². The maximum absolute atomic E-state index is 12.4. The van der Waals surface area contributed by atoms with E-state index in [1.165, 1.54) is 0 Å². The largest absolute Gasteiger partial charge is 0.398 e. The molecule has 0 saturated carbocycles. The molecule has 1 amide bonds. The van der Waals surface area contributed by atoms with Crippen LogP contribution in [0.4, 0.5) is 5.69 Å². The van der Waals surface area contributed by atoms with E-state index >= 15 is 0 Å². The van der Waals surface area contributed by atoms with Crippen molar-refractivity contribution in [1.82, 2.24) is 19.7 Å². The van der Waals surface area contributed by atoms with Gasteiger partial charge in [-0.15, -0.1) is 10.2 Å². The summed E-state index contributed by atoms with van der Waals surface area (Å²) < 4.78 is 1.94. The first kappa shape index (κ1) is 12.0. The lowest BCUT2D eigenvalue weighted by Crippen LogP contribution is -2.38. The fourth-order valence-corrected chi connectivity index (χ4v) is 2.22. The molecule has 1 aromatic carbocycles. The number of nitrogen functional groups attached to an aromatic ring is 1. The molecule has 0 bridgehead atoms. The van der Waals surface area contributed by atoms with Crippen molar-refractivity contribution in [2.24, 2.45) is 0 Å². The highest BCUT2D eigenvalue weighted by Crippen LogP contribution is 2.21. The van der Waals surface area contributed by atoms with Gasteiger partial charge < -0.3 is 15.2 Å². The minimum Gasteiger partial charge on any atom is -0.398 e. The molecule has 0 spiro atoms. The van der Waals surface area contributed by atoms with Crippen LogP contribution >= 0.6 is 11.6 Å². The summed E-state index contributed by atoms with van der Waals surface area (Å²) in [6.07, 6.45) is 1.68. The summed E-state index contributed by atoms with van der Waals surface area (Å²) in [5, 5.41) is 8.28. The standard InChI is InChI=1S/C12H12ClN5O/c13-9-2-1-8(5-10(9)14)12(19)17-3-4-18-7-15-16-11(18)6-17/h1-2,5,7H,3-4,6,14H2. The number of carbonyl (C=O) groups excluding carboxylic acids is 1. The molecule has 1 aromatic heterocycles. The third-order valence-electron chi connectivity index (χ3n) is 3.17. The number of halogens is 1. The van der Waals surface area contributed by atoms with E-state index in [1.54, 1.807) is 29.4 Å². The molecule has 0 unspecified atom stereocenters. The van der Waals surface area contributed by atoms with Crippen molar-refractivity contribution in [3.05, 3.63) is 40.9 Å². The van der Waals surface area contributed by atoms with Crippen molar-refractivity contribution < 1.29 is 4.79 Å². The van der Waals surface area contributed by atoms with Crippen LogP contribution in [0.2, 0.25) is 5.02 Å². The third kappa shape index (κ3) is 2.15. The van der Waals surface area contributed by atoms with Gasteiger partial charge in [0.25, 0.3) is 5.91 Å². The highest BCUT2D eigenvalue weighted by Gasteiger charge is 2.23. The van der Waals surface area contributed by atoms with E-state index in [0.717, 1.165) is 5.82 Å². The molecular formula is C12H12ClN5O. The van der Waals surface area contributed by atoms with Crippen molar-refractivity contribution in [3.63, 3.8) is 0 Å². The molecule has 2 aromatic rings. The number of benzene rings is 1. The van der Waals surface area contributed by atoms with Gasteiger partial charge in [0, 0.05) is 18.7 Å². The molecule has 0 saturated heterocycles. The summed E-state index contributed by atoms with van der Waals surface area (Å²) in [5.41, 5.74) is 6.67. The molecule has 2 N–H and O–H groups in total. The van der Waals surface area contributed by atoms with Crippen molar-refractivity contribution in [1.29, 1.82) is 0 Å². The molecule has 1 aliphatic heterocycles. The average Bonchev–Trinajstić information content (AvgIpc) is 2.88. The van der Waals surface area contributed by atoms with Crippen LogP contribution in [-0.4, -0.2) is 32.1 Å². The monoisotopic (exact) mass is 277 g/mol. The lowest BCUT2D eigenvalue weighted by molar-refractivity contribution is 0.0707. The molecule has 19 heavy (non-hydrogen) atoms. The van der Waals surface area contributed by atoms with Gasteiger partial charge in [-0.2, -0.15) is 0 Å². The molecule has 98 valence electrons. The van der Waals surface area contributed by atoms with Crippen LogP contribution in [0, 0.1) is 0 Å². The summed E-state index contributed by atoms with van der Waals surface area (Å²) in [6, 6.07) is 4.92. The van der Waals surface area contributed by atoms with E-state index < -0.39 is 0 Å². The second kappa shape index (κ2) is 4.55. The Morgan fingerprint density at radius 2 is 2.21 bits per heavy atom. The zero-order chi connectivity index (χ0) is 13.4. The van der Waals surface area contributed by atoms with Gasteiger partial charge in [0.15, 0.2) is 5.82 Å². The van der Waals surface area contributed by atoms with Gasteiger partial charge in [-0.1, -0.05) is 11.6 Å². The van der Waals surface area contributed by atoms with E-state index in [-0.39, 0.29) is 5.91 Å². The molecular weight excluding hydrogens is 266 g/mol. The Balaban J connectivity index is 1.83. The molecule has 0 aliphatic carbocycles.